The maximum Gasteiger partial charge on any atom is 0.157 e. The zero-order chi connectivity index (χ0) is 13.5. The topological polar surface area (TPSA) is 55.2 Å². The van der Waals surface area contributed by atoms with Crippen molar-refractivity contribution in [2.75, 3.05) is 6.61 Å². The summed E-state index contributed by atoms with van der Waals surface area (Å²) in [7, 11) is 0. The molecule has 0 aliphatic rings. The van der Waals surface area contributed by atoms with Crippen LogP contribution in [0.4, 0.5) is 0 Å². The van der Waals surface area contributed by atoms with E-state index in [0.717, 1.165) is 29.9 Å². The molecule has 0 fully saturated rings. The summed E-state index contributed by atoms with van der Waals surface area (Å²) in [6.07, 6.45) is 3.64. The number of aliphatic hydroxyl groups excluding tert-OH is 1. The van der Waals surface area contributed by atoms with Gasteiger partial charge in [-0.3, -0.25) is 0 Å². The highest BCUT2D eigenvalue weighted by molar-refractivity contribution is 5.20. The zero-order valence-corrected chi connectivity index (χ0v) is 11.8. The summed E-state index contributed by atoms with van der Waals surface area (Å²) in [5, 5.41) is 9.29. The second-order valence-electron chi connectivity index (χ2n) is 4.68. The van der Waals surface area contributed by atoms with E-state index in [1.807, 2.05) is 6.92 Å². The first-order valence-electron chi connectivity index (χ1n) is 6.72. The largest absolute Gasteiger partial charge is 0.392 e. The Hall–Kier alpha value is -1.00. The van der Waals surface area contributed by atoms with Gasteiger partial charge in [0, 0.05) is 18.4 Å². The summed E-state index contributed by atoms with van der Waals surface area (Å²) in [6.45, 7) is 8.89. The molecule has 0 amide bonds. The monoisotopic (exact) mass is 252 g/mol. The van der Waals surface area contributed by atoms with Crippen LogP contribution in [0.2, 0.25) is 0 Å². The molecule has 0 aliphatic carbocycles. The summed E-state index contributed by atoms with van der Waals surface area (Å²) in [5.41, 5.74) is 1.73. The Labute approximate surface area is 109 Å². The standard InChI is InChI=1S/C14H24N2O2/c1-5-7-12(18-6-2)14-15-8-11(9-17)13(16-14)10(3)4/h8,10,12,17H,5-7,9H2,1-4H3. The maximum atomic E-state index is 9.29. The minimum atomic E-state index is -0.0368. The van der Waals surface area contributed by atoms with Crippen LogP contribution in [-0.4, -0.2) is 21.7 Å². The molecule has 0 saturated heterocycles. The summed E-state index contributed by atoms with van der Waals surface area (Å²) in [4.78, 5) is 8.92. The molecular weight excluding hydrogens is 228 g/mol. The lowest BCUT2D eigenvalue weighted by atomic mass is 10.0. The van der Waals surface area contributed by atoms with Gasteiger partial charge in [-0.25, -0.2) is 9.97 Å². The molecular formula is C14H24N2O2. The molecule has 0 spiro atoms. The van der Waals surface area contributed by atoms with Gasteiger partial charge >= 0.3 is 0 Å². The number of nitrogens with zero attached hydrogens (tertiary/aromatic N) is 2. The van der Waals surface area contributed by atoms with Gasteiger partial charge in [-0.05, 0) is 19.3 Å². The van der Waals surface area contributed by atoms with E-state index in [2.05, 4.69) is 30.7 Å². The lowest BCUT2D eigenvalue weighted by Crippen LogP contribution is -2.12. The molecule has 0 saturated carbocycles. The Balaban J connectivity index is 3.04. The van der Waals surface area contributed by atoms with E-state index in [1.54, 1.807) is 6.20 Å². The minimum absolute atomic E-state index is 0.0130. The fourth-order valence-electron chi connectivity index (χ4n) is 1.96. The van der Waals surface area contributed by atoms with Crippen LogP contribution in [0.25, 0.3) is 0 Å². The SMILES string of the molecule is CCCC(OCC)c1ncc(CO)c(C(C)C)n1. The van der Waals surface area contributed by atoms with Crippen molar-refractivity contribution >= 4 is 0 Å². The van der Waals surface area contributed by atoms with Crippen LogP contribution in [0.3, 0.4) is 0 Å². The highest BCUT2D eigenvalue weighted by Gasteiger charge is 2.17. The molecule has 0 bridgehead atoms. The smallest absolute Gasteiger partial charge is 0.157 e. The van der Waals surface area contributed by atoms with Crippen molar-refractivity contribution in [1.29, 1.82) is 0 Å². The van der Waals surface area contributed by atoms with Crippen LogP contribution in [0.5, 0.6) is 0 Å². The van der Waals surface area contributed by atoms with Crippen molar-refractivity contribution in [3.8, 4) is 0 Å². The molecule has 1 unspecified atom stereocenters. The normalized spacial score (nSPS) is 13.0. The average Bonchev–Trinajstić information content (AvgIpc) is 2.37. The highest BCUT2D eigenvalue weighted by atomic mass is 16.5. The minimum Gasteiger partial charge on any atom is -0.392 e. The lowest BCUT2D eigenvalue weighted by Gasteiger charge is -2.17. The summed E-state index contributed by atoms with van der Waals surface area (Å²) >= 11 is 0. The average molecular weight is 252 g/mol. The third kappa shape index (κ3) is 3.75. The Morgan fingerprint density at radius 3 is 2.56 bits per heavy atom. The van der Waals surface area contributed by atoms with Gasteiger partial charge in [0.15, 0.2) is 5.82 Å². The Kier molecular flexibility index (Phi) is 6.22. The predicted octanol–water partition coefficient (Wildman–Crippen LogP) is 2.97. The van der Waals surface area contributed by atoms with Gasteiger partial charge < -0.3 is 9.84 Å². The molecule has 102 valence electrons. The quantitative estimate of drug-likeness (QED) is 0.810. The first-order valence-corrected chi connectivity index (χ1v) is 6.72. The highest BCUT2D eigenvalue weighted by Crippen LogP contribution is 2.23. The molecule has 1 atom stereocenters. The molecule has 1 aromatic rings. The second-order valence-corrected chi connectivity index (χ2v) is 4.68. The van der Waals surface area contributed by atoms with Crippen molar-refractivity contribution in [3.63, 3.8) is 0 Å². The van der Waals surface area contributed by atoms with Gasteiger partial charge in [-0.1, -0.05) is 27.2 Å². The van der Waals surface area contributed by atoms with Crippen LogP contribution in [-0.2, 0) is 11.3 Å². The van der Waals surface area contributed by atoms with E-state index in [-0.39, 0.29) is 18.6 Å². The van der Waals surface area contributed by atoms with Crippen LogP contribution in [0, 0.1) is 0 Å². The first kappa shape index (κ1) is 15.1. The molecule has 1 aromatic heterocycles. The number of hydrogen-bond donors (Lipinski definition) is 1. The molecule has 1 N–H and O–H groups in total. The van der Waals surface area contributed by atoms with Crippen LogP contribution < -0.4 is 0 Å². The van der Waals surface area contributed by atoms with E-state index >= 15 is 0 Å². The van der Waals surface area contributed by atoms with Gasteiger partial charge in [0.1, 0.15) is 6.10 Å². The molecule has 1 rings (SSSR count). The lowest BCUT2D eigenvalue weighted by molar-refractivity contribution is 0.0490. The number of aliphatic hydroxyl groups is 1. The van der Waals surface area contributed by atoms with Gasteiger partial charge in [-0.2, -0.15) is 0 Å². The number of hydrogen-bond acceptors (Lipinski definition) is 4. The van der Waals surface area contributed by atoms with E-state index in [1.165, 1.54) is 0 Å². The van der Waals surface area contributed by atoms with Crippen LogP contribution in [0.15, 0.2) is 6.20 Å². The van der Waals surface area contributed by atoms with Gasteiger partial charge in [-0.15, -0.1) is 0 Å². The Morgan fingerprint density at radius 2 is 2.06 bits per heavy atom. The van der Waals surface area contributed by atoms with Gasteiger partial charge in [0.25, 0.3) is 0 Å². The van der Waals surface area contributed by atoms with E-state index in [4.69, 9.17) is 4.74 Å². The molecule has 0 aliphatic heterocycles. The predicted molar refractivity (Wildman–Crippen MR) is 71.3 cm³/mol. The third-order valence-corrected chi connectivity index (χ3v) is 2.84. The second kappa shape index (κ2) is 7.44. The van der Waals surface area contributed by atoms with E-state index in [0.29, 0.717) is 6.61 Å². The van der Waals surface area contributed by atoms with E-state index < -0.39 is 0 Å². The number of rotatable bonds is 7. The van der Waals surface area contributed by atoms with Crippen molar-refractivity contribution in [2.45, 2.75) is 59.2 Å². The Bertz CT molecular complexity index is 361. The third-order valence-electron chi connectivity index (χ3n) is 2.84. The maximum absolute atomic E-state index is 9.29. The molecule has 4 heteroatoms. The molecule has 4 nitrogen and oxygen atoms in total. The summed E-state index contributed by atoms with van der Waals surface area (Å²) < 4.78 is 5.69. The van der Waals surface area contributed by atoms with Crippen molar-refractivity contribution in [3.05, 3.63) is 23.3 Å². The summed E-state index contributed by atoms with van der Waals surface area (Å²) in [6, 6.07) is 0. The number of ether oxygens (including phenoxy) is 1. The van der Waals surface area contributed by atoms with Crippen LogP contribution in [0.1, 0.15) is 69.6 Å². The molecule has 18 heavy (non-hydrogen) atoms. The molecule has 0 radical (unpaired) electrons. The fraction of sp³-hybridized carbons (Fsp3) is 0.714. The first-order chi connectivity index (χ1) is 8.63. The van der Waals surface area contributed by atoms with Gasteiger partial charge in [0.05, 0.1) is 12.3 Å². The van der Waals surface area contributed by atoms with Crippen molar-refractivity contribution in [1.82, 2.24) is 9.97 Å². The van der Waals surface area contributed by atoms with Gasteiger partial charge in [0.2, 0.25) is 0 Å². The molecule has 0 aromatic carbocycles. The fourth-order valence-corrected chi connectivity index (χ4v) is 1.96. The summed E-state index contributed by atoms with van der Waals surface area (Å²) in [5.74, 6) is 1.01. The number of aromatic nitrogens is 2. The van der Waals surface area contributed by atoms with Crippen molar-refractivity contribution in [2.24, 2.45) is 0 Å². The molecule has 1 heterocycles. The zero-order valence-electron chi connectivity index (χ0n) is 11.8. The Morgan fingerprint density at radius 1 is 1.33 bits per heavy atom. The van der Waals surface area contributed by atoms with Crippen molar-refractivity contribution < 1.29 is 9.84 Å². The van der Waals surface area contributed by atoms with E-state index in [9.17, 15) is 5.11 Å². The van der Waals surface area contributed by atoms with Crippen LogP contribution >= 0.6 is 0 Å².